The molecule has 0 aromatic carbocycles. The number of hydrogen-bond donors (Lipinski definition) is 1. The lowest BCUT2D eigenvalue weighted by atomic mass is 10.1. The van der Waals surface area contributed by atoms with Crippen molar-refractivity contribution in [3.8, 4) is 0 Å². The number of rotatable bonds is 4. The minimum absolute atomic E-state index is 0.0150. The highest BCUT2D eigenvalue weighted by molar-refractivity contribution is 7.12. The summed E-state index contributed by atoms with van der Waals surface area (Å²) in [6, 6.07) is 5.23. The Labute approximate surface area is 131 Å². The molecule has 1 aliphatic rings. The number of nitrogens with zero attached hydrogens (tertiary/aromatic N) is 2. The monoisotopic (exact) mass is 319 g/mol. The molecule has 7 heteroatoms. The highest BCUT2D eigenvalue weighted by Crippen LogP contribution is 2.16. The Morgan fingerprint density at radius 1 is 1.55 bits per heavy atom. The minimum atomic E-state index is -0.149. The van der Waals surface area contributed by atoms with Crippen LogP contribution in [0.3, 0.4) is 0 Å². The molecule has 1 fully saturated rings. The molecular weight excluding hydrogens is 302 g/mol. The molecule has 2 aromatic heterocycles. The maximum absolute atomic E-state index is 12.3. The molecule has 3 rings (SSSR count). The molecule has 3 heterocycles. The van der Waals surface area contributed by atoms with E-state index >= 15 is 0 Å². The number of nitrogens with one attached hydrogen (secondary N) is 1. The van der Waals surface area contributed by atoms with Crippen molar-refractivity contribution in [3.63, 3.8) is 0 Å². The molecule has 2 aromatic rings. The fourth-order valence-electron chi connectivity index (χ4n) is 2.49. The van der Waals surface area contributed by atoms with E-state index in [4.69, 9.17) is 4.74 Å². The smallest absolute Gasteiger partial charge is 0.264 e. The Morgan fingerprint density at radius 2 is 2.45 bits per heavy atom. The van der Waals surface area contributed by atoms with Crippen molar-refractivity contribution >= 4 is 17.2 Å². The summed E-state index contributed by atoms with van der Waals surface area (Å²) >= 11 is 1.46. The molecule has 0 bridgehead atoms. The van der Waals surface area contributed by atoms with E-state index in [1.807, 2.05) is 22.4 Å². The third kappa shape index (κ3) is 3.61. The normalized spacial score (nSPS) is 18.4. The number of carbonyl (C=O) groups excluding carboxylic acids is 1. The van der Waals surface area contributed by atoms with E-state index in [1.165, 1.54) is 23.7 Å². The molecule has 22 heavy (non-hydrogen) atoms. The van der Waals surface area contributed by atoms with Gasteiger partial charge >= 0.3 is 0 Å². The molecule has 0 radical (unpaired) electrons. The molecule has 1 N–H and O–H groups in total. The highest BCUT2D eigenvalue weighted by atomic mass is 32.1. The molecule has 6 nitrogen and oxygen atoms in total. The Morgan fingerprint density at radius 3 is 3.23 bits per heavy atom. The van der Waals surface area contributed by atoms with Crippen molar-refractivity contribution < 1.29 is 9.53 Å². The van der Waals surface area contributed by atoms with Gasteiger partial charge < -0.3 is 14.6 Å². The van der Waals surface area contributed by atoms with E-state index in [1.54, 1.807) is 0 Å². The first-order valence-corrected chi connectivity index (χ1v) is 8.08. The van der Waals surface area contributed by atoms with Crippen LogP contribution in [0, 0.1) is 0 Å². The zero-order valence-electron chi connectivity index (χ0n) is 12.0. The number of aryl methyl sites for hydroxylation is 1. The van der Waals surface area contributed by atoms with Gasteiger partial charge in [0.2, 0.25) is 0 Å². The van der Waals surface area contributed by atoms with Crippen LogP contribution in [0.15, 0.2) is 34.7 Å². The van der Waals surface area contributed by atoms with Gasteiger partial charge in [0.05, 0.1) is 23.9 Å². The summed E-state index contributed by atoms with van der Waals surface area (Å²) in [6.07, 6.45) is 2.80. The van der Waals surface area contributed by atoms with Crippen molar-refractivity contribution in [3.05, 3.63) is 50.8 Å². The van der Waals surface area contributed by atoms with Crippen molar-refractivity contribution in [2.24, 2.45) is 0 Å². The van der Waals surface area contributed by atoms with Crippen molar-refractivity contribution in [2.75, 3.05) is 19.7 Å². The van der Waals surface area contributed by atoms with Gasteiger partial charge in [0.15, 0.2) is 0 Å². The van der Waals surface area contributed by atoms with Crippen LogP contribution in [0.4, 0.5) is 0 Å². The van der Waals surface area contributed by atoms with Gasteiger partial charge in [-0.25, -0.2) is 4.98 Å². The number of H-pyrrole nitrogens is 1. The van der Waals surface area contributed by atoms with E-state index in [0.717, 1.165) is 17.0 Å². The quantitative estimate of drug-likeness (QED) is 0.922. The van der Waals surface area contributed by atoms with Gasteiger partial charge in [-0.3, -0.25) is 9.59 Å². The number of hydrogen-bond acceptors (Lipinski definition) is 5. The van der Waals surface area contributed by atoms with Crippen molar-refractivity contribution in [2.45, 2.75) is 18.9 Å². The number of carbonyl (C=O) groups is 1. The molecule has 1 atom stereocenters. The van der Waals surface area contributed by atoms with E-state index < -0.39 is 0 Å². The van der Waals surface area contributed by atoms with Crippen LogP contribution in [-0.2, 0) is 11.2 Å². The summed E-state index contributed by atoms with van der Waals surface area (Å²) in [5.74, 6) is 0.0672. The summed E-state index contributed by atoms with van der Waals surface area (Å²) in [4.78, 5) is 32.8. The molecule has 0 aliphatic carbocycles. The fraction of sp³-hybridized carbons (Fsp3) is 0.400. The highest BCUT2D eigenvalue weighted by Gasteiger charge is 2.25. The average molecular weight is 319 g/mol. The fourth-order valence-corrected chi connectivity index (χ4v) is 3.18. The van der Waals surface area contributed by atoms with Crippen LogP contribution < -0.4 is 5.56 Å². The number of aromatic amines is 1. The third-order valence-electron chi connectivity index (χ3n) is 3.62. The summed E-state index contributed by atoms with van der Waals surface area (Å²) in [6.45, 7) is 1.75. The number of ether oxygens (including phenoxy) is 1. The van der Waals surface area contributed by atoms with E-state index in [2.05, 4.69) is 9.97 Å². The second-order valence-corrected chi connectivity index (χ2v) is 6.11. The summed E-state index contributed by atoms with van der Waals surface area (Å²) < 4.78 is 5.72. The van der Waals surface area contributed by atoms with Crippen molar-refractivity contribution in [1.29, 1.82) is 0 Å². The predicted octanol–water partition coefficient (Wildman–Crippen LogP) is 1.31. The molecular formula is C15H17N3O3S. The standard InChI is InChI=1S/C15H17N3O3S/c19-14-8-11(16-10-17-14)3-4-12-9-18(5-6-21-12)15(20)13-2-1-7-22-13/h1-2,7-8,10,12H,3-6,9H2,(H,16,17,19)/t12-/m0/s1. The molecule has 0 unspecified atom stereocenters. The Balaban J connectivity index is 1.56. The Bertz CT molecular complexity index is 683. The third-order valence-corrected chi connectivity index (χ3v) is 4.47. The first-order valence-electron chi connectivity index (χ1n) is 7.20. The first-order chi connectivity index (χ1) is 10.7. The molecule has 1 amide bonds. The first kappa shape index (κ1) is 14.9. The molecule has 0 saturated carbocycles. The summed E-state index contributed by atoms with van der Waals surface area (Å²) in [5.41, 5.74) is 0.595. The zero-order valence-corrected chi connectivity index (χ0v) is 12.8. The molecule has 1 aliphatic heterocycles. The second-order valence-electron chi connectivity index (χ2n) is 5.16. The lowest BCUT2D eigenvalue weighted by Crippen LogP contribution is -2.45. The van der Waals surface area contributed by atoms with Gasteiger partial charge in [0.1, 0.15) is 0 Å². The van der Waals surface area contributed by atoms with E-state index in [9.17, 15) is 9.59 Å². The van der Waals surface area contributed by atoms with Crippen LogP contribution in [0.25, 0.3) is 0 Å². The lowest BCUT2D eigenvalue weighted by Gasteiger charge is -2.32. The molecule has 0 spiro atoms. The van der Waals surface area contributed by atoms with Crippen LogP contribution in [0.2, 0.25) is 0 Å². The number of aromatic nitrogens is 2. The molecule has 116 valence electrons. The van der Waals surface area contributed by atoms with Gasteiger partial charge in [0.25, 0.3) is 11.5 Å². The Kier molecular flexibility index (Phi) is 4.65. The van der Waals surface area contributed by atoms with E-state index in [0.29, 0.717) is 26.1 Å². The van der Waals surface area contributed by atoms with Gasteiger partial charge in [0, 0.05) is 24.8 Å². The predicted molar refractivity (Wildman–Crippen MR) is 83.1 cm³/mol. The van der Waals surface area contributed by atoms with Crippen LogP contribution in [0.1, 0.15) is 21.8 Å². The van der Waals surface area contributed by atoms with E-state index in [-0.39, 0.29) is 17.6 Å². The number of morpholine rings is 1. The summed E-state index contributed by atoms with van der Waals surface area (Å²) in [7, 11) is 0. The van der Waals surface area contributed by atoms with Crippen LogP contribution in [-0.4, -0.2) is 46.6 Å². The number of thiophene rings is 1. The van der Waals surface area contributed by atoms with Gasteiger partial charge in [-0.15, -0.1) is 11.3 Å². The number of amides is 1. The van der Waals surface area contributed by atoms with Gasteiger partial charge in [-0.05, 0) is 24.3 Å². The minimum Gasteiger partial charge on any atom is -0.375 e. The van der Waals surface area contributed by atoms with Crippen molar-refractivity contribution in [1.82, 2.24) is 14.9 Å². The lowest BCUT2D eigenvalue weighted by molar-refractivity contribution is -0.0245. The van der Waals surface area contributed by atoms with Gasteiger partial charge in [-0.2, -0.15) is 0 Å². The van der Waals surface area contributed by atoms with Gasteiger partial charge in [-0.1, -0.05) is 6.07 Å². The van der Waals surface area contributed by atoms with Crippen LogP contribution >= 0.6 is 11.3 Å². The van der Waals surface area contributed by atoms with Crippen LogP contribution in [0.5, 0.6) is 0 Å². The topological polar surface area (TPSA) is 75.3 Å². The largest absolute Gasteiger partial charge is 0.375 e. The maximum Gasteiger partial charge on any atom is 0.264 e. The zero-order chi connectivity index (χ0) is 15.4. The molecule has 1 saturated heterocycles. The Hall–Kier alpha value is -1.99. The second kappa shape index (κ2) is 6.85. The maximum atomic E-state index is 12.3. The summed E-state index contributed by atoms with van der Waals surface area (Å²) in [5, 5.41) is 1.91. The average Bonchev–Trinajstić information content (AvgIpc) is 3.07. The SMILES string of the molecule is O=C(c1cccs1)N1CCO[C@@H](CCc2cc(=O)[nH]cn2)C1.